The summed E-state index contributed by atoms with van der Waals surface area (Å²) in [7, 11) is 1.63. The number of halogens is 1. The summed E-state index contributed by atoms with van der Waals surface area (Å²) < 4.78 is 13.2. The SMILES string of the molecule is COCCn1ncc(Br)c1C(=O)CCOC1CCNCC1. The summed E-state index contributed by atoms with van der Waals surface area (Å²) in [6.07, 6.45) is 4.34. The van der Waals surface area contributed by atoms with Gasteiger partial charge in [-0.2, -0.15) is 5.10 Å². The largest absolute Gasteiger partial charge is 0.383 e. The number of ketones is 1. The third kappa shape index (κ3) is 4.88. The molecule has 1 aromatic rings. The molecule has 1 saturated heterocycles. The van der Waals surface area contributed by atoms with Crippen molar-refractivity contribution >= 4 is 21.7 Å². The maximum absolute atomic E-state index is 12.3. The zero-order chi connectivity index (χ0) is 15.1. The topological polar surface area (TPSA) is 65.4 Å². The summed E-state index contributed by atoms with van der Waals surface area (Å²) in [5, 5.41) is 7.49. The molecule has 0 atom stereocenters. The molecule has 0 saturated carbocycles. The first-order chi connectivity index (χ1) is 10.2. The Hall–Kier alpha value is -0.760. The molecular formula is C14H22BrN3O3. The Labute approximate surface area is 133 Å². The molecule has 0 spiro atoms. The van der Waals surface area contributed by atoms with Crippen LogP contribution in [0.25, 0.3) is 0 Å². The van der Waals surface area contributed by atoms with Crippen molar-refractivity contribution in [3.8, 4) is 0 Å². The Kier molecular flexibility index (Phi) is 6.82. The van der Waals surface area contributed by atoms with Crippen LogP contribution in [-0.4, -0.2) is 55.1 Å². The molecule has 0 bridgehead atoms. The van der Waals surface area contributed by atoms with Crippen molar-refractivity contribution in [2.45, 2.75) is 31.9 Å². The summed E-state index contributed by atoms with van der Waals surface area (Å²) >= 11 is 3.38. The van der Waals surface area contributed by atoms with E-state index < -0.39 is 0 Å². The molecule has 1 aliphatic heterocycles. The number of Topliss-reactive ketones (excluding diaryl/α,β-unsaturated/α-hetero) is 1. The van der Waals surface area contributed by atoms with Crippen molar-refractivity contribution in [1.82, 2.24) is 15.1 Å². The van der Waals surface area contributed by atoms with Crippen molar-refractivity contribution in [2.75, 3.05) is 33.4 Å². The highest BCUT2D eigenvalue weighted by Crippen LogP contribution is 2.18. The van der Waals surface area contributed by atoms with Gasteiger partial charge in [0.2, 0.25) is 0 Å². The van der Waals surface area contributed by atoms with Crippen LogP contribution in [0.1, 0.15) is 29.8 Å². The zero-order valence-electron chi connectivity index (χ0n) is 12.3. The van der Waals surface area contributed by atoms with E-state index in [0.717, 1.165) is 30.4 Å². The number of carbonyl (C=O) groups excluding carboxylic acids is 1. The highest BCUT2D eigenvalue weighted by molar-refractivity contribution is 9.10. The second-order valence-corrected chi connectivity index (χ2v) is 5.90. The standard InChI is InChI=1S/C14H22BrN3O3/c1-20-9-7-18-14(12(15)10-17-18)13(19)4-8-21-11-2-5-16-6-3-11/h10-11,16H,2-9H2,1H3. The van der Waals surface area contributed by atoms with E-state index in [1.807, 2.05) is 0 Å². The number of hydrogen-bond donors (Lipinski definition) is 1. The molecule has 1 aliphatic rings. The van der Waals surface area contributed by atoms with Crippen LogP contribution in [0.5, 0.6) is 0 Å². The Morgan fingerprint density at radius 3 is 2.95 bits per heavy atom. The third-order valence-corrected chi connectivity index (χ3v) is 4.12. The quantitative estimate of drug-likeness (QED) is 0.714. The van der Waals surface area contributed by atoms with Crippen molar-refractivity contribution in [2.24, 2.45) is 0 Å². The molecule has 118 valence electrons. The Morgan fingerprint density at radius 2 is 2.24 bits per heavy atom. The molecule has 2 rings (SSSR count). The first-order valence-corrected chi connectivity index (χ1v) is 8.07. The Balaban J connectivity index is 1.83. The molecule has 7 heteroatoms. The fourth-order valence-corrected chi connectivity index (χ4v) is 2.90. The van der Waals surface area contributed by atoms with Gasteiger partial charge in [0, 0.05) is 13.5 Å². The number of rotatable bonds is 8. The maximum Gasteiger partial charge on any atom is 0.184 e. The second kappa shape index (κ2) is 8.63. The lowest BCUT2D eigenvalue weighted by atomic mass is 10.1. The first kappa shape index (κ1) is 16.6. The van der Waals surface area contributed by atoms with Crippen LogP contribution in [0.4, 0.5) is 0 Å². The van der Waals surface area contributed by atoms with E-state index >= 15 is 0 Å². The molecule has 6 nitrogen and oxygen atoms in total. The van der Waals surface area contributed by atoms with Gasteiger partial charge in [-0.1, -0.05) is 0 Å². The number of hydrogen-bond acceptors (Lipinski definition) is 5. The molecule has 2 heterocycles. The summed E-state index contributed by atoms with van der Waals surface area (Å²) in [6, 6.07) is 0. The van der Waals surface area contributed by atoms with Gasteiger partial charge < -0.3 is 14.8 Å². The molecule has 1 aromatic heterocycles. The number of nitrogens with one attached hydrogen (secondary N) is 1. The smallest absolute Gasteiger partial charge is 0.184 e. The second-order valence-electron chi connectivity index (χ2n) is 5.05. The van der Waals surface area contributed by atoms with Crippen LogP contribution in [0.15, 0.2) is 10.7 Å². The highest BCUT2D eigenvalue weighted by atomic mass is 79.9. The maximum atomic E-state index is 12.3. The molecule has 1 N–H and O–H groups in total. The molecular weight excluding hydrogens is 338 g/mol. The van der Waals surface area contributed by atoms with Crippen LogP contribution in [0, 0.1) is 0 Å². The highest BCUT2D eigenvalue weighted by Gasteiger charge is 2.18. The van der Waals surface area contributed by atoms with E-state index in [1.54, 1.807) is 18.0 Å². The molecule has 0 radical (unpaired) electrons. The molecule has 1 fully saturated rings. The molecule has 0 aliphatic carbocycles. The van der Waals surface area contributed by atoms with E-state index in [0.29, 0.717) is 31.9 Å². The lowest BCUT2D eigenvalue weighted by Gasteiger charge is -2.22. The lowest BCUT2D eigenvalue weighted by Crippen LogP contribution is -2.32. The van der Waals surface area contributed by atoms with Gasteiger partial charge in [-0.15, -0.1) is 0 Å². The van der Waals surface area contributed by atoms with Gasteiger partial charge in [-0.3, -0.25) is 9.48 Å². The van der Waals surface area contributed by atoms with Crippen LogP contribution < -0.4 is 5.32 Å². The predicted octanol–water partition coefficient (Wildman–Crippen LogP) is 1.63. The summed E-state index contributed by atoms with van der Waals surface area (Å²) in [4.78, 5) is 12.3. The third-order valence-electron chi connectivity index (χ3n) is 3.53. The van der Waals surface area contributed by atoms with Gasteiger partial charge in [0.15, 0.2) is 5.78 Å². The molecule has 0 amide bonds. The minimum atomic E-state index is 0.0458. The Morgan fingerprint density at radius 1 is 1.48 bits per heavy atom. The van der Waals surface area contributed by atoms with Crippen molar-refractivity contribution in [3.05, 3.63) is 16.4 Å². The van der Waals surface area contributed by atoms with E-state index in [-0.39, 0.29) is 11.9 Å². The van der Waals surface area contributed by atoms with E-state index in [9.17, 15) is 4.79 Å². The molecule has 0 aromatic carbocycles. The number of aromatic nitrogens is 2. The molecule has 0 unspecified atom stereocenters. The van der Waals surface area contributed by atoms with Gasteiger partial charge in [-0.25, -0.2) is 0 Å². The number of ether oxygens (including phenoxy) is 2. The van der Waals surface area contributed by atoms with Crippen LogP contribution in [0.2, 0.25) is 0 Å². The normalized spacial score (nSPS) is 16.3. The number of methoxy groups -OCH3 is 1. The van der Waals surface area contributed by atoms with Crippen molar-refractivity contribution in [3.63, 3.8) is 0 Å². The average molecular weight is 360 g/mol. The van der Waals surface area contributed by atoms with Gasteiger partial charge in [0.1, 0.15) is 5.69 Å². The predicted molar refractivity (Wildman–Crippen MR) is 82.6 cm³/mol. The van der Waals surface area contributed by atoms with Crippen molar-refractivity contribution < 1.29 is 14.3 Å². The zero-order valence-corrected chi connectivity index (χ0v) is 13.9. The first-order valence-electron chi connectivity index (χ1n) is 7.28. The van der Waals surface area contributed by atoms with Crippen LogP contribution in [0.3, 0.4) is 0 Å². The lowest BCUT2D eigenvalue weighted by molar-refractivity contribution is 0.0311. The average Bonchev–Trinajstić information content (AvgIpc) is 2.87. The minimum absolute atomic E-state index is 0.0458. The fraction of sp³-hybridized carbons (Fsp3) is 0.714. The monoisotopic (exact) mass is 359 g/mol. The van der Waals surface area contributed by atoms with Gasteiger partial charge in [0.25, 0.3) is 0 Å². The summed E-state index contributed by atoms with van der Waals surface area (Å²) in [5.74, 6) is 0.0458. The number of nitrogens with zero attached hydrogens (tertiary/aromatic N) is 2. The fourth-order valence-electron chi connectivity index (χ4n) is 2.39. The summed E-state index contributed by atoms with van der Waals surface area (Å²) in [5.41, 5.74) is 0.598. The minimum Gasteiger partial charge on any atom is -0.383 e. The molecule has 21 heavy (non-hydrogen) atoms. The summed E-state index contributed by atoms with van der Waals surface area (Å²) in [6.45, 7) is 3.55. The number of piperidine rings is 1. The van der Waals surface area contributed by atoms with Crippen molar-refractivity contribution in [1.29, 1.82) is 0 Å². The van der Waals surface area contributed by atoms with Crippen LogP contribution >= 0.6 is 15.9 Å². The Bertz CT molecular complexity index is 458. The van der Waals surface area contributed by atoms with Gasteiger partial charge in [-0.05, 0) is 41.9 Å². The van der Waals surface area contributed by atoms with E-state index in [2.05, 4.69) is 26.3 Å². The van der Waals surface area contributed by atoms with E-state index in [1.165, 1.54) is 0 Å². The van der Waals surface area contributed by atoms with Gasteiger partial charge in [0.05, 0.1) is 36.5 Å². The van der Waals surface area contributed by atoms with E-state index in [4.69, 9.17) is 9.47 Å². The van der Waals surface area contributed by atoms with Gasteiger partial charge >= 0.3 is 0 Å². The number of carbonyl (C=O) groups is 1. The van der Waals surface area contributed by atoms with Crippen LogP contribution in [-0.2, 0) is 16.0 Å².